The zero-order valence-corrected chi connectivity index (χ0v) is 22.2. The number of amides is 2. The lowest BCUT2D eigenvalue weighted by molar-refractivity contribution is -0.156. The van der Waals surface area contributed by atoms with E-state index in [0.29, 0.717) is 49.8 Å². The summed E-state index contributed by atoms with van der Waals surface area (Å²) < 4.78 is 46.7. The smallest absolute Gasteiger partial charge is 0.309 e. The van der Waals surface area contributed by atoms with Crippen molar-refractivity contribution in [2.45, 2.75) is 61.5 Å². The Labute approximate surface area is 225 Å². The van der Waals surface area contributed by atoms with E-state index in [0.717, 1.165) is 12.1 Å². The van der Waals surface area contributed by atoms with E-state index >= 15 is 4.39 Å². The lowest BCUT2D eigenvalue weighted by Crippen LogP contribution is -2.58. The van der Waals surface area contributed by atoms with Crippen LogP contribution in [0, 0.1) is 11.2 Å². The summed E-state index contributed by atoms with van der Waals surface area (Å²) in [5.74, 6) is -3.40. The summed E-state index contributed by atoms with van der Waals surface area (Å²) in [6, 6.07) is 7.28. The number of carboxylic acids is 1. The molecule has 6 rings (SSSR count). The number of fused-ring (bicyclic) bond motifs is 4. The summed E-state index contributed by atoms with van der Waals surface area (Å²) in [4.78, 5) is 39.2. The van der Waals surface area contributed by atoms with E-state index in [-0.39, 0.29) is 12.2 Å². The van der Waals surface area contributed by atoms with Gasteiger partial charge in [0.05, 0.1) is 47.0 Å². The summed E-state index contributed by atoms with van der Waals surface area (Å²) in [7, 11) is -2.64. The quantitative estimate of drug-likeness (QED) is 0.487. The fourth-order valence-electron chi connectivity index (χ4n) is 5.97. The molecule has 2 amide bonds. The zero-order valence-electron chi connectivity index (χ0n) is 21.4. The molecule has 39 heavy (non-hydrogen) atoms. The molecule has 1 heterocycles. The molecule has 4 N–H and O–H groups in total. The Balaban J connectivity index is 1.50. The minimum absolute atomic E-state index is 0.0626. The van der Waals surface area contributed by atoms with Gasteiger partial charge in [0.2, 0.25) is 5.91 Å². The highest BCUT2D eigenvalue weighted by Gasteiger charge is 2.53. The van der Waals surface area contributed by atoms with Crippen LogP contribution in [-0.4, -0.2) is 55.8 Å². The summed E-state index contributed by atoms with van der Waals surface area (Å²) in [5, 5.41) is 12.5. The number of rotatable bonds is 6. The minimum atomic E-state index is -4.15. The maximum Gasteiger partial charge on any atom is 0.309 e. The first-order valence-corrected chi connectivity index (χ1v) is 14.4. The molecular formula is C27H30FN3O7S. The normalized spacial score (nSPS) is 27.4. The predicted molar refractivity (Wildman–Crippen MR) is 139 cm³/mol. The predicted octanol–water partition coefficient (Wildman–Crippen LogP) is 2.39. The van der Waals surface area contributed by atoms with Crippen LogP contribution in [0.1, 0.15) is 54.4 Å². The third-order valence-corrected chi connectivity index (χ3v) is 10.3. The topological polar surface area (TPSA) is 156 Å². The number of benzene rings is 2. The van der Waals surface area contributed by atoms with Crippen molar-refractivity contribution in [3.8, 4) is 5.75 Å². The summed E-state index contributed by atoms with van der Waals surface area (Å²) >= 11 is 0. The average molecular weight is 560 g/mol. The van der Waals surface area contributed by atoms with Crippen molar-refractivity contribution < 1.29 is 37.0 Å². The number of methoxy groups -OCH3 is 1. The van der Waals surface area contributed by atoms with E-state index in [1.807, 2.05) is 0 Å². The molecule has 1 atom stereocenters. The van der Waals surface area contributed by atoms with Gasteiger partial charge < -0.3 is 25.8 Å². The van der Waals surface area contributed by atoms with Crippen LogP contribution in [0.5, 0.6) is 5.75 Å². The van der Waals surface area contributed by atoms with Crippen LogP contribution < -0.4 is 20.7 Å². The SMILES string of the molecule is COc1ccc(CN2C(=O)[C@@H](N)CS(=O)(=O)c3cc(F)c(C(=O)NC45CCC(C(=O)O)(CC4)CC5)cc32)cc1. The van der Waals surface area contributed by atoms with E-state index in [1.54, 1.807) is 24.3 Å². The summed E-state index contributed by atoms with van der Waals surface area (Å²) in [6.45, 7) is -0.0626. The van der Waals surface area contributed by atoms with Crippen LogP contribution >= 0.6 is 0 Å². The number of hydrogen-bond acceptors (Lipinski definition) is 7. The van der Waals surface area contributed by atoms with Crippen molar-refractivity contribution in [1.29, 1.82) is 0 Å². The molecule has 3 fully saturated rings. The fraction of sp³-hybridized carbons (Fsp3) is 0.444. The second-order valence-corrected chi connectivity index (χ2v) is 12.8. The van der Waals surface area contributed by atoms with Crippen LogP contribution in [0.2, 0.25) is 0 Å². The number of carbonyl (C=O) groups is 3. The van der Waals surface area contributed by atoms with Crippen LogP contribution in [0.15, 0.2) is 41.3 Å². The first-order valence-electron chi connectivity index (χ1n) is 12.7. The van der Waals surface area contributed by atoms with E-state index in [4.69, 9.17) is 10.5 Å². The standard InChI is InChI=1S/C27H30FN3O7S/c1-38-17-4-2-16(3-5-17)14-31-21-12-18(19(28)13-22(21)39(36,37)15-20(29)24(31)33)23(32)30-27-9-6-26(7-10-27,8-11-27)25(34)35/h2-5,12-13,20H,6-11,14-15,29H2,1H3,(H,30,32)(H,34,35)/t20-,26?,27?/m0/s1. The second-order valence-electron chi connectivity index (χ2n) is 10.8. The Bertz CT molecular complexity index is 1430. The maximum atomic E-state index is 15.3. The molecule has 3 saturated carbocycles. The number of nitrogens with one attached hydrogen (secondary N) is 1. The average Bonchev–Trinajstić information content (AvgIpc) is 2.97. The number of hydrogen-bond donors (Lipinski definition) is 3. The number of carbonyl (C=O) groups excluding carboxylic acids is 2. The molecular weight excluding hydrogens is 529 g/mol. The van der Waals surface area contributed by atoms with Gasteiger partial charge in [0, 0.05) is 5.54 Å². The lowest BCUT2D eigenvalue weighted by atomic mass is 9.57. The number of aliphatic carboxylic acids is 1. The Hall–Kier alpha value is -3.51. The molecule has 0 radical (unpaired) electrons. The summed E-state index contributed by atoms with van der Waals surface area (Å²) in [5.41, 5.74) is 4.62. The van der Waals surface area contributed by atoms with Gasteiger partial charge >= 0.3 is 5.97 Å². The molecule has 0 spiro atoms. The second kappa shape index (κ2) is 9.60. The fourth-order valence-corrected chi connectivity index (χ4v) is 7.54. The van der Waals surface area contributed by atoms with Crippen LogP contribution in [-0.2, 0) is 26.0 Å². The van der Waals surface area contributed by atoms with E-state index in [1.165, 1.54) is 12.0 Å². The van der Waals surface area contributed by atoms with Crippen molar-refractivity contribution in [2.75, 3.05) is 17.8 Å². The monoisotopic (exact) mass is 559 g/mol. The first kappa shape index (κ1) is 27.1. The van der Waals surface area contributed by atoms with Crippen molar-refractivity contribution in [3.63, 3.8) is 0 Å². The molecule has 0 aromatic heterocycles. The highest BCUT2D eigenvalue weighted by atomic mass is 32.2. The number of nitrogens with zero attached hydrogens (tertiary/aromatic N) is 1. The Kier molecular flexibility index (Phi) is 6.66. The molecule has 0 saturated heterocycles. The molecule has 4 aliphatic rings. The van der Waals surface area contributed by atoms with Crippen molar-refractivity contribution in [1.82, 2.24) is 5.32 Å². The molecule has 0 unspecified atom stereocenters. The Morgan fingerprint density at radius 3 is 2.31 bits per heavy atom. The molecule has 2 aromatic carbocycles. The zero-order chi connectivity index (χ0) is 28.2. The van der Waals surface area contributed by atoms with Crippen LogP contribution in [0.3, 0.4) is 0 Å². The maximum absolute atomic E-state index is 15.3. The molecule has 3 aliphatic carbocycles. The minimum Gasteiger partial charge on any atom is -0.497 e. The van der Waals surface area contributed by atoms with E-state index in [9.17, 15) is 27.9 Å². The van der Waals surface area contributed by atoms with Crippen molar-refractivity contribution in [3.05, 3.63) is 53.3 Å². The number of anilines is 1. The third-order valence-electron chi connectivity index (χ3n) is 8.48. The van der Waals surface area contributed by atoms with Gasteiger partial charge in [0.15, 0.2) is 9.84 Å². The molecule has 208 valence electrons. The van der Waals surface area contributed by atoms with Gasteiger partial charge in [-0.05, 0) is 68.4 Å². The van der Waals surface area contributed by atoms with E-state index in [2.05, 4.69) is 5.32 Å². The highest BCUT2D eigenvalue weighted by molar-refractivity contribution is 7.91. The van der Waals surface area contributed by atoms with Gasteiger partial charge in [-0.1, -0.05) is 12.1 Å². The lowest BCUT2D eigenvalue weighted by Gasteiger charge is -2.51. The van der Waals surface area contributed by atoms with Gasteiger partial charge in [0.1, 0.15) is 11.6 Å². The Morgan fingerprint density at radius 2 is 1.74 bits per heavy atom. The van der Waals surface area contributed by atoms with Gasteiger partial charge in [-0.25, -0.2) is 12.8 Å². The molecule has 12 heteroatoms. The molecule has 2 bridgehead atoms. The summed E-state index contributed by atoms with van der Waals surface area (Å²) in [6.07, 6.45) is 2.58. The molecule has 10 nitrogen and oxygen atoms in total. The molecule has 1 aliphatic heterocycles. The Morgan fingerprint density at radius 1 is 1.13 bits per heavy atom. The number of carboxylic acid groups (broad SMARTS) is 1. The first-order chi connectivity index (χ1) is 18.4. The van der Waals surface area contributed by atoms with Gasteiger partial charge in [0.25, 0.3) is 5.91 Å². The number of ether oxygens (including phenoxy) is 1. The van der Waals surface area contributed by atoms with Gasteiger partial charge in [-0.2, -0.15) is 0 Å². The highest BCUT2D eigenvalue weighted by Crippen LogP contribution is 2.52. The van der Waals surface area contributed by atoms with E-state index < -0.39 is 66.6 Å². The van der Waals surface area contributed by atoms with Gasteiger partial charge in [-0.15, -0.1) is 0 Å². The van der Waals surface area contributed by atoms with Crippen molar-refractivity contribution in [2.24, 2.45) is 11.1 Å². The van der Waals surface area contributed by atoms with Crippen LogP contribution in [0.4, 0.5) is 10.1 Å². The van der Waals surface area contributed by atoms with Gasteiger partial charge in [-0.3, -0.25) is 14.4 Å². The third kappa shape index (κ3) is 4.76. The number of sulfone groups is 1. The van der Waals surface area contributed by atoms with Crippen molar-refractivity contribution >= 4 is 33.3 Å². The number of nitrogens with two attached hydrogens (primary N) is 1. The van der Waals surface area contributed by atoms with Crippen LogP contribution in [0.25, 0.3) is 0 Å². The number of halogens is 1. The largest absolute Gasteiger partial charge is 0.497 e. The molecule has 2 aromatic rings.